The normalized spacial score (nSPS) is 15.2. The molecule has 2 aromatic rings. The fourth-order valence-electron chi connectivity index (χ4n) is 3.39. The molecule has 5 nitrogen and oxygen atoms in total. The average Bonchev–Trinajstić information content (AvgIpc) is 3.35. The summed E-state index contributed by atoms with van der Waals surface area (Å²) in [7, 11) is 0. The van der Waals surface area contributed by atoms with Gasteiger partial charge in [0.25, 0.3) is 5.91 Å². The van der Waals surface area contributed by atoms with E-state index >= 15 is 0 Å². The first-order valence-corrected chi connectivity index (χ1v) is 8.84. The summed E-state index contributed by atoms with van der Waals surface area (Å²) in [6.07, 6.45) is 11.1. The van der Waals surface area contributed by atoms with Gasteiger partial charge in [0.15, 0.2) is 0 Å². The summed E-state index contributed by atoms with van der Waals surface area (Å²) in [4.78, 5) is 26.9. The molecule has 3 rings (SSSR count). The van der Waals surface area contributed by atoms with Crippen molar-refractivity contribution in [2.24, 2.45) is 0 Å². The summed E-state index contributed by atoms with van der Waals surface area (Å²) >= 11 is 0. The fourth-order valence-corrected chi connectivity index (χ4v) is 3.39. The second kappa shape index (κ2) is 8.39. The van der Waals surface area contributed by atoms with Gasteiger partial charge >= 0.3 is 0 Å². The van der Waals surface area contributed by atoms with Gasteiger partial charge in [-0.2, -0.15) is 0 Å². The van der Waals surface area contributed by atoms with Crippen molar-refractivity contribution in [2.75, 3.05) is 0 Å². The van der Waals surface area contributed by atoms with Gasteiger partial charge in [0.05, 0.1) is 12.8 Å². The highest BCUT2D eigenvalue weighted by atomic mass is 16.3. The molecule has 1 heterocycles. The quantitative estimate of drug-likeness (QED) is 0.815. The van der Waals surface area contributed by atoms with Crippen LogP contribution in [-0.4, -0.2) is 22.8 Å². The fraction of sp³-hybridized carbons (Fsp3) is 0.333. The number of amides is 2. The van der Waals surface area contributed by atoms with Crippen LogP contribution in [0, 0.1) is 12.3 Å². The van der Waals surface area contributed by atoms with Gasteiger partial charge in [-0.25, -0.2) is 0 Å². The van der Waals surface area contributed by atoms with Gasteiger partial charge in [-0.15, -0.1) is 6.42 Å². The van der Waals surface area contributed by atoms with E-state index in [9.17, 15) is 9.59 Å². The first kappa shape index (κ1) is 17.8. The van der Waals surface area contributed by atoms with Crippen molar-refractivity contribution in [3.8, 4) is 12.3 Å². The van der Waals surface area contributed by atoms with Crippen molar-refractivity contribution in [3.05, 3.63) is 60.1 Å². The number of hydrogen-bond acceptors (Lipinski definition) is 3. The molecule has 26 heavy (non-hydrogen) atoms. The van der Waals surface area contributed by atoms with Gasteiger partial charge in [-0.1, -0.05) is 43.2 Å². The van der Waals surface area contributed by atoms with Crippen LogP contribution in [0.5, 0.6) is 0 Å². The predicted octanol–water partition coefficient (Wildman–Crippen LogP) is 3.04. The van der Waals surface area contributed by atoms with Gasteiger partial charge < -0.3 is 14.6 Å². The van der Waals surface area contributed by atoms with E-state index in [0.717, 1.165) is 31.2 Å². The van der Waals surface area contributed by atoms with Gasteiger partial charge in [-0.3, -0.25) is 9.59 Å². The van der Waals surface area contributed by atoms with Gasteiger partial charge in [0, 0.05) is 6.04 Å². The van der Waals surface area contributed by atoms with Crippen molar-refractivity contribution in [3.63, 3.8) is 0 Å². The van der Waals surface area contributed by atoms with Crippen molar-refractivity contribution in [1.29, 1.82) is 0 Å². The van der Waals surface area contributed by atoms with Crippen molar-refractivity contribution >= 4 is 11.8 Å². The largest absolute Gasteiger partial charge is 0.467 e. The second-order valence-corrected chi connectivity index (χ2v) is 6.46. The van der Waals surface area contributed by atoms with E-state index in [1.807, 2.05) is 30.3 Å². The monoisotopic (exact) mass is 350 g/mol. The Morgan fingerprint density at radius 2 is 1.92 bits per heavy atom. The Kier molecular flexibility index (Phi) is 5.75. The van der Waals surface area contributed by atoms with Gasteiger partial charge in [0.1, 0.15) is 11.8 Å². The Morgan fingerprint density at radius 1 is 1.19 bits per heavy atom. The number of rotatable bonds is 6. The van der Waals surface area contributed by atoms with Crippen LogP contribution in [0.25, 0.3) is 0 Å². The highest BCUT2D eigenvalue weighted by Crippen LogP contribution is 2.26. The minimum absolute atomic E-state index is 0.133. The van der Waals surface area contributed by atoms with Crippen LogP contribution in [-0.2, 0) is 16.1 Å². The Hall–Kier alpha value is -3.00. The highest BCUT2D eigenvalue weighted by molar-refractivity contribution is 5.97. The number of nitrogens with one attached hydrogen (secondary N) is 1. The standard InChI is InChI=1S/C21H22N2O3/c1-2-19(24)23(15-18-13-8-14-26-18)20(16-9-4-3-5-10-16)21(25)22-17-11-6-7-12-17/h1,3-5,8-10,13-14,17,20H,6-7,11-12,15H2,(H,22,25). The first-order chi connectivity index (χ1) is 12.7. The van der Waals surface area contributed by atoms with E-state index in [2.05, 4.69) is 11.2 Å². The Labute approximate surface area is 153 Å². The summed E-state index contributed by atoms with van der Waals surface area (Å²) in [5, 5.41) is 3.08. The smallest absolute Gasteiger partial charge is 0.299 e. The molecule has 1 fully saturated rings. The highest BCUT2D eigenvalue weighted by Gasteiger charge is 2.33. The Bertz CT molecular complexity index is 771. The van der Waals surface area contributed by atoms with Crippen LogP contribution >= 0.6 is 0 Å². The maximum absolute atomic E-state index is 13.1. The zero-order chi connectivity index (χ0) is 18.4. The molecule has 1 unspecified atom stereocenters. The lowest BCUT2D eigenvalue weighted by Crippen LogP contribution is -2.45. The molecule has 1 aromatic heterocycles. The van der Waals surface area contributed by atoms with Crippen molar-refractivity contribution in [2.45, 2.75) is 44.3 Å². The topological polar surface area (TPSA) is 62.6 Å². The molecule has 0 radical (unpaired) electrons. The summed E-state index contributed by atoms with van der Waals surface area (Å²) in [5.74, 6) is 1.96. The molecule has 1 aliphatic carbocycles. The number of carbonyl (C=O) groups excluding carboxylic acids is 2. The van der Waals surface area contributed by atoms with E-state index in [4.69, 9.17) is 10.8 Å². The number of furan rings is 1. The number of carbonyl (C=O) groups is 2. The van der Waals surface area contributed by atoms with Crippen molar-refractivity contribution < 1.29 is 14.0 Å². The Balaban J connectivity index is 1.91. The molecular weight excluding hydrogens is 328 g/mol. The van der Waals surface area contributed by atoms with Crippen LogP contribution in [0.15, 0.2) is 53.1 Å². The molecule has 0 spiro atoms. The molecule has 1 N–H and O–H groups in total. The molecule has 5 heteroatoms. The SMILES string of the molecule is C#CC(=O)N(Cc1ccco1)C(C(=O)NC1CCCC1)c1ccccc1. The lowest BCUT2D eigenvalue weighted by atomic mass is 10.0. The molecule has 0 bridgehead atoms. The molecule has 134 valence electrons. The molecule has 0 aliphatic heterocycles. The third-order valence-corrected chi connectivity index (χ3v) is 4.67. The molecule has 1 saturated carbocycles. The minimum Gasteiger partial charge on any atom is -0.467 e. The van der Waals surface area contributed by atoms with Crippen molar-refractivity contribution in [1.82, 2.24) is 10.2 Å². The van der Waals surface area contributed by atoms with E-state index in [0.29, 0.717) is 5.76 Å². The van der Waals surface area contributed by atoms with E-state index in [-0.39, 0.29) is 18.5 Å². The molecule has 2 amide bonds. The van der Waals surface area contributed by atoms with E-state index in [1.165, 1.54) is 11.2 Å². The predicted molar refractivity (Wildman–Crippen MR) is 97.7 cm³/mol. The lowest BCUT2D eigenvalue weighted by molar-refractivity contribution is -0.138. The number of terminal acetylenes is 1. The lowest BCUT2D eigenvalue weighted by Gasteiger charge is -2.30. The van der Waals surface area contributed by atoms with E-state index < -0.39 is 11.9 Å². The maximum Gasteiger partial charge on any atom is 0.299 e. The van der Waals surface area contributed by atoms with Crippen LogP contribution in [0.3, 0.4) is 0 Å². The third-order valence-electron chi connectivity index (χ3n) is 4.67. The number of hydrogen-bond donors (Lipinski definition) is 1. The van der Waals surface area contributed by atoms with Crippen LogP contribution in [0.4, 0.5) is 0 Å². The minimum atomic E-state index is -0.801. The molecular formula is C21H22N2O3. The maximum atomic E-state index is 13.1. The summed E-state index contributed by atoms with van der Waals surface area (Å²) in [6, 6.07) is 12.1. The zero-order valence-corrected chi connectivity index (χ0v) is 14.6. The van der Waals surface area contributed by atoms with Gasteiger partial charge in [-0.05, 0) is 36.5 Å². The summed E-state index contributed by atoms with van der Waals surface area (Å²) in [6.45, 7) is 0.133. The Morgan fingerprint density at radius 3 is 2.54 bits per heavy atom. The zero-order valence-electron chi connectivity index (χ0n) is 14.6. The number of benzene rings is 1. The van der Waals surface area contributed by atoms with Crippen LogP contribution in [0.1, 0.15) is 43.0 Å². The summed E-state index contributed by atoms with van der Waals surface area (Å²) < 4.78 is 5.36. The van der Waals surface area contributed by atoms with Gasteiger partial charge in [0.2, 0.25) is 5.91 Å². The molecule has 1 aromatic carbocycles. The molecule has 1 atom stereocenters. The van der Waals surface area contributed by atoms with E-state index in [1.54, 1.807) is 12.1 Å². The van der Waals surface area contributed by atoms with Crippen LogP contribution in [0.2, 0.25) is 0 Å². The van der Waals surface area contributed by atoms with Crippen LogP contribution < -0.4 is 5.32 Å². The third kappa shape index (κ3) is 4.15. The first-order valence-electron chi connectivity index (χ1n) is 8.84. The average molecular weight is 350 g/mol. The second-order valence-electron chi connectivity index (χ2n) is 6.46. The molecule has 0 saturated heterocycles. The molecule has 1 aliphatic rings. The summed E-state index contributed by atoms with van der Waals surface area (Å²) in [5.41, 5.74) is 0.721. The number of nitrogens with zero attached hydrogens (tertiary/aromatic N) is 1.